The van der Waals surface area contributed by atoms with Gasteiger partial charge in [-0.1, -0.05) is 5.92 Å². The first-order chi connectivity index (χ1) is 9.85. The fourth-order valence-electron chi connectivity index (χ4n) is 2.18. The lowest BCUT2D eigenvalue weighted by Gasteiger charge is -2.38. The highest BCUT2D eigenvalue weighted by molar-refractivity contribution is 5.84. The number of H-pyrrole nitrogens is 1. The summed E-state index contributed by atoms with van der Waals surface area (Å²) >= 11 is 0. The van der Waals surface area contributed by atoms with Gasteiger partial charge in [0.15, 0.2) is 6.23 Å². The molecule has 0 unspecified atom stereocenters. The largest absolute Gasteiger partial charge is 0.409 e. The van der Waals surface area contributed by atoms with Crippen LogP contribution in [-0.2, 0) is 19.3 Å². The number of aliphatic hydroxyl groups is 2. The van der Waals surface area contributed by atoms with E-state index in [1.54, 1.807) is 0 Å². The monoisotopic (exact) mass is 296 g/mol. The van der Waals surface area contributed by atoms with Gasteiger partial charge in [-0.2, -0.15) is 0 Å². The summed E-state index contributed by atoms with van der Waals surface area (Å²) in [7, 11) is 0. The summed E-state index contributed by atoms with van der Waals surface area (Å²) in [6, 6.07) is 0.983. The van der Waals surface area contributed by atoms with Gasteiger partial charge in [-0.25, -0.2) is 9.59 Å². The van der Waals surface area contributed by atoms with Crippen molar-refractivity contribution in [1.29, 1.82) is 0 Å². The smallest absolute Gasteiger partial charge is 0.384 e. The maximum atomic E-state index is 11.7. The van der Waals surface area contributed by atoms with Crippen LogP contribution in [0.4, 0.5) is 0 Å². The molecule has 0 radical (unpaired) electrons. The lowest BCUT2D eigenvalue weighted by molar-refractivity contribution is -0.483. The van der Waals surface area contributed by atoms with Crippen LogP contribution in [0.1, 0.15) is 6.23 Å². The van der Waals surface area contributed by atoms with E-state index in [0.29, 0.717) is 0 Å². The number of rotatable bonds is 1. The molecule has 2 aliphatic rings. The van der Waals surface area contributed by atoms with Crippen molar-refractivity contribution in [3.8, 4) is 12.3 Å². The molecule has 10 nitrogen and oxygen atoms in total. The lowest BCUT2D eigenvalue weighted by Crippen LogP contribution is -2.67. The molecule has 3 heterocycles. The number of carbonyl (C=O) groups is 1. The zero-order valence-electron chi connectivity index (χ0n) is 10.2. The molecule has 3 rings (SSSR count). The Morgan fingerprint density at radius 2 is 2.14 bits per heavy atom. The van der Waals surface area contributed by atoms with Crippen molar-refractivity contribution in [3.63, 3.8) is 0 Å². The molecule has 0 amide bonds. The van der Waals surface area contributed by atoms with Crippen molar-refractivity contribution in [2.45, 2.75) is 23.7 Å². The number of hydrogen-bond acceptors (Lipinski definition) is 8. The number of carbonyl (C=O) groups excluding carboxylic acids is 1. The van der Waals surface area contributed by atoms with Gasteiger partial charge in [0.1, 0.15) is 6.10 Å². The minimum Gasteiger partial charge on any atom is -0.384 e. The Bertz CT molecular complexity index is 775. The molecular weight excluding hydrogens is 288 g/mol. The van der Waals surface area contributed by atoms with Crippen LogP contribution in [0.3, 0.4) is 0 Å². The highest BCUT2D eigenvalue weighted by Gasteiger charge is 2.78. The summed E-state index contributed by atoms with van der Waals surface area (Å²) in [5.41, 5.74) is -4.18. The van der Waals surface area contributed by atoms with Crippen LogP contribution in [0.25, 0.3) is 0 Å². The van der Waals surface area contributed by atoms with Crippen LogP contribution in [0.2, 0.25) is 0 Å². The Morgan fingerprint density at radius 1 is 1.43 bits per heavy atom. The van der Waals surface area contributed by atoms with E-state index in [4.69, 9.17) is 11.2 Å². The highest BCUT2D eigenvalue weighted by Crippen LogP contribution is 2.49. The van der Waals surface area contributed by atoms with Crippen LogP contribution < -0.4 is 11.2 Å². The maximum Gasteiger partial charge on any atom is 0.409 e. The molecule has 2 saturated heterocycles. The Morgan fingerprint density at radius 3 is 2.57 bits per heavy atom. The van der Waals surface area contributed by atoms with E-state index in [-0.39, 0.29) is 0 Å². The van der Waals surface area contributed by atoms with Crippen molar-refractivity contribution < 1.29 is 29.5 Å². The molecule has 2 aliphatic heterocycles. The topological polar surface area (TPSA) is 140 Å². The molecule has 1 aromatic rings. The molecule has 21 heavy (non-hydrogen) atoms. The van der Waals surface area contributed by atoms with E-state index in [2.05, 4.69) is 9.78 Å². The van der Waals surface area contributed by atoms with E-state index < -0.39 is 40.9 Å². The normalized spacial score (nSPS) is 37.9. The second kappa shape index (κ2) is 4.03. The first-order valence-corrected chi connectivity index (χ1v) is 5.63. The number of aliphatic hydroxyl groups excluding tert-OH is 1. The van der Waals surface area contributed by atoms with Crippen LogP contribution in [0, 0.1) is 12.3 Å². The molecule has 0 bridgehead atoms. The molecule has 10 heteroatoms. The van der Waals surface area contributed by atoms with Gasteiger partial charge in [0.05, 0.1) is 0 Å². The van der Waals surface area contributed by atoms with Crippen molar-refractivity contribution in [3.05, 3.63) is 33.1 Å². The number of hydrogen-bond donors (Lipinski definition) is 3. The fourth-order valence-corrected chi connectivity index (χ4v) is 2.18. The van der Waals surface area contributed by atoms with E-state index in [9.17, 15) is 24.6 Å². The summed E-state index contributed by atoms with van der Waals surface area (Å²) < 4.78 is 5.87. The summed E-state index contributed by atoms with van der Waals surface area (Å²) in [4.78, 5) is 44.7. The summed E-state index contributed by atoms with van der Waals surface area (Å²) in [5.74, 6) is -1.77. The van der Waals surface area contributed by atoms with E-state index >= 15 is 0 Å². The van der Waals surface area contributed by atoms with Crippen molar-refractivity contribution in [1.82, 2.24) is 9.55 Å². The minimum atomic E-state index is -2.57. The first-order valence-electron chi connectivity index (χ1n) is 5.63. The molecule has 110 valence electrons. The molecule has 0 saturated carbocycles. The van der Waals surface area contributed by atoms with Crippen LogP contribution >= 0.6 is 0 Å². The Labute approximate surface area is 115 Å². The Hall–Kier alpha value is -2.45. The third-order valence-corrected chi connectivity index (χ3v) is 3.34. The maximum absolute atomic E-state index is 11.7. The van der Waals surface area contributed by atoms with E-state index in [0.717, 1.165) is 16.8 Å². The number of terminal acetylenes is 1. The van der Waals surface area contributed by atoms with Gasteiger partial charge in [0.25, 0.3) is 5.56 Å². The van der Waals surface area contributed by atoms with Crippen molar-refractivity contribution in [2.24, 2.45) is 0 Å². The van der Waals surface area contributed by atoms with Crippen LogP contribution in [0.15, 0.2) is 21.9 Å². The zero-order chi connectivity index (χ0) is 15.4. The summed E-state index contributed by atoms with van der Waals surface area (Å²) in [6.07, 6.45) is 2.69. The second-order valence-corrected chi connectivity index (χ2v) is 4.45. The van der Waals surface area contributed by atoms with E-state index in [1.807, 2.05) is 10.9 Å². The van der Waals surface area contributed by atoms with Crippen LogP contribution in [-0.4, -0.2) is 43.2 Å². The van der Waals surface area contributed by atoms with Gasteiger partial charge >= 0.3 is 17.4 Å². The van der Waals surface area contributed by atoms with Gasteiger partial charge in [0, 0.05) is 12.3 Å². The molecule has 4 atom stereocenters. The van der Waals surface area contributed by atoms with Gasteiger partial charge in [0.2, 0.25) is 5.60 Å². The molecular formula is C11H8N2O8. The average molecular weight is 296 g/mol. The number of aromatic nitrogens is 2. The second-order valence-electron chi connectivity index (χ2n) is 4.45. The predicted octanol–water partition coefficient (Wildman–Crippen LogP) is -3.02. The summed E-state index contributed by atoms with van der Waals surface area (Å²) in [5, 5.41) is 20.4. The fraction of sp³-hybridized carbons (Fsp3) is 0.364. The minimum absolute atomic E-state index is 0.676. The first kappa shape index (κ1) is 13.5. The summed E-state index contributed by atoms with van der Waals surface area (Å²) in [6.45, 7) is 0. The van der Waals surface area contributed by atoms with Gasteiger partial charge in [-0.15, -0.1) is 11.3 Å². The number of aromatic amines is 1. The van der Waals surface area contributed by atoms with Crippen molar-refractivity contribution >= 4 is 5.97 Å². The zero-order valence-corrected chi connectivity index (χ0v) is 10.2. The SMILES string of the molecule is C#C[C@]1(O)[C@@H](O)[C@H](n2ccc(=O)[nH]c2=O)O[C@@]12OOC2=O. The van der Waals surface area contributed by atoms with Gasteiger partial charge in [-0.05, 0) is 0 Å². The van der Waals surface area contributed by atoms with Gasteiger partial charge < -0.3 is 14.9 Å². The predicted molar refractivity (Wildman–Crippen MR) is 61.1 cm³/mol. The molecule has 3 N–H and O–H groups in total. The van der Waals surface area contributed by atoms with Crippen LogP contribution in [0.5, 0.6) is 0 Å². The standard InChI is InChI=1S/C11H8N2O8/c1-2-10(18)6(15)7(19-11(10)8(16)20-21-11)13-4-3-5(14)12-9(13)17/h1,3-4,6-7,15,18H,(H,12,14,17)/t6-,7+,10-,11-/m0/s1. The molecule has 1 aromatic heterocycles. The van der Waals surface area contributed by atoms with Gasteiger partial charge in [-0.3, -0.25) is 19.2 Å². The van der Waals surface area contributed by atoms with E-state index in [1.165, 1.54) is 0 Å². The number of nitrogens with one attached hydrogen (secondary N) is 1. The highest BCUT2D eigenvalue weighted by atomic mass is 17.3. The lowest BCUT2D eigenvalue weighted by atomic mass is 9.89. The third kappa shape index (κ3) is 1.48. The molecule has 1 spiro atoms. The molecule has 2 fully saturated rings. The van der Waals surface area contributed by atoms with Crippen molar-refractivity contribution in [2.75, 3.05) is 0 Å². The molecule has 0 aliphatic carbocycles. The number of nitrogens with zero attached hydrogens (tertiary/aromatic N) is 1. The quantitative estimate of drug-likeness (QED) is 0.367. The Balaban J connectivity index is 2.11. The number of ether oxygens (including phenoxy) is 1. The third-order valence-electron chi connectivity index (χ3n) is 3.34. The Kier molecular flexibility index (Phi) is 2.59. The molecule has 0 aromatic carbocycles. The average Bonchev–Trinajstić information content (AvgIpc) is 2.70.